The van der Waals surface area contributed by atoms with Crippen molar-refractivity contribution in [2.75, 3.05) is 39.3 Å². The molecule has 2 atom stereocenters. The quantitative estimate of drug-likeness (QED) is 0.842. The van der Waals surface area contributed by atoms with E-state index in [1.54, 1.807) is 11.8 Å². The fourth-order valence-corrected chi connectivity index (χ4v) is 5.23. The molecule has 6 heteroatoms. The first-order valence-electron chi connectivity index (χ1n) is 8.99. The number of rotatable bonds is 3. The molecule has 2 aliphatic rings. The van der Waals surface area contributed by atoms with E-state index in [1.165, 1.54) is 10.5 Å². The normalized spacial score (nSPS) is 24.0. The summed E-state index contributed by atoms with van der Waals surface area (Å²) in [6.45, 7) is 4.46. The minimum absolute atomic E-state index is 0.0882. The van der Waals surface area contributed by atoms with Crippen molar-refractivity contribution < 1.29 is 10.2 Å². The van der Waals surface area contributed by atoms with Gasteiger partial charge >= 0.3 is 0 Å². The molecule has 0 aromatic heterocycles. The van der Waals surface area contributed by atoms with Crippen molar-refractivity contribution in [3.63, 3.8) is 0 Å². The van der Waals surface area contributed by atoms with Crippen LogP contribution in [0, 0.1) is 0 Å². The zero-order valence-electron chi connectivity index (χ0n) is 14.5. The van der Waals surface area contributed by atoms with Gasteiger partial charge in [-0.2, -0.15) is 0 Å². The lowest BCUT2D eigenvalue weighted by Crippen LogP contribution is -2.49. The zero-order chi connectivity index (χ0) is 18.1. The summed E-state index contributed by atoms with van der Waals surface area (Å²) < 4.78 is 0. The van der Waals surface area contributed by atoms with Crippen molar-refractivity contribution in [3.8, 4) is 0 Å². The van der Waals surface area contributed by atoms with Gasteiger partial charge in [0.1, 0.15) is 0 Å². The van der Waals surface area contributed by atoms with E-state index in [1.807, 2.05) is 24.3 Å². The number of hydrogen-bond acceptors (Lipinski definition) is 5. The van der Waals surface area contributed by atoms with Gasteiger partial charge in [-0.25, -0.2) is 0 Å². The van der Waals surface area contributed by atoms with Crippen LogP contribution < -0.4 is 0 Å². The maximum atomic E-state index is 11.3. The predicted molar refractivity (Wildman–Crippen MR) is 105 cm³/mol. The fourth-order valence-electron chi connectivity index (χ4n) is 3.92. The number of halogens is 1. The second-order valence-electron chi connectivity index (χ2n) is 6.81. The summed E-state index contributed by atoms with van der Waals surface area (Å²) in [7, 11) is 0. The molecule has 4 nitrogen and oxygen atoms in total. The van der Waals surface area contributed by atoms with Crippen LogP contribution in [0.2, 0.25) is 5.02 Å². The Labute approximate surface area is 163 Å². The van der Waals surface area contributed by atoms with Crippen LogP contribution in [0.5, 0.6) is 0 Å². The summed E-state index contributed by atoms with van der Waals surface area (Å²) in [6, 6.07) is 14.1. The third-order valence-corrected chi connectivity index (χ3v) is 6.68. The van der Waals surface area contributed by atoms with Gasteiger partial charge in [0.15, 0.2) is 0 Å². The van der Waals surface area contributed by atoms with Crippen LogP contribution in [0.15, 0.2) is 52.3 Å². The minimum atomic E-state index is -0.621. The number of nitrogens with zero attached hydrogens (tertiary/aromatic N) is 2. The molecule has 0 amide bonds. The van der Waals surface area contributed by atoms with Gasteiger partial charge in [0.05, 0.1) is 18.8 Å². The van der Waals surface area contributed by atoms with Crippen molar-refractivity contribution in [3.05, 3.63) is 58.6 Å². The predicted octanol–water partition coefficient (Wildman–Crippen LogP) is 3.19. The average molecular weight is 391 g/mol. The number of piperazine rings is 1. The molecule has 1 fully saturated rings. The number of β-amino-alcohol motifs (C(OH)–C–C–N with tert-alkyl or cyclic N) is 1. The Balaban J connectivity index is 1.70. The highest BCUT2D eigenvalue weighted by Crippen LogP contribution is 2.48. The summed E-state index contributed by atoms with van der Waals surface area (Å²) in [5.41, 5.74) is 2.08. The number of aliphatic hydroxyl groups excluding tert-OH is 2. The average Bonchev–Trinajstić information content (AvgIpc) is 2.77. The monoisotopic (exact) mass is 390 g/mol. The topological polar surface area (TPSA) is 46.9 Å². The molecule has 26 heavy (non-hydrogen) atoms. The van der Waals surface area contributed by atoms with E-state index in [0.29, 0.717) is 11.6 Å². The first-order valence-corrected chi connectivity index (χ1v) is 10.2. The highest BCUT2D eigenvalue weighted by Gasteiger charge is 2.36. The van der Waals surface area contributed by atoms with Crippen molar-refractivity contribution in [2.24, 2.45) is 0 Å². The lowest BCUT2D eigenvalue weighted by Gasteiger charge is -2.41. The smallest absolute Gasteiger partial charge is 0.0998 e. The maximum absolute atomic E-state index is 11.3. The highest BCUT2D eigenvalue weighted by atomic mass is 35.5. The van der Waals surface area contributed by atoms with E-state index in [4.69, 9.17) is 16.7 Å². The molecule has 0 spiro atoms. The molecule has 2 unspecified atom stereocenters. The molecule has 0 aliphatic carbocycles. The summed E-state index contributed by atoms with van der Waals surface area (Å²) in [6.07, 6.45) is -0.621. The van der Waals surface area contributed by atoms with Crippen LogP contribution in [-0.4, -0.2) is 59.3 Å². The lowest BCUT2D eigenvalue weighted by molar-refractivity contribution is 0.0119. The molecule has 4 rings (SSSR count). The number of hydrogen-bond donors (Lipinski definition) is 2. The molecular formula is C20H23ClN2O2S. The first kappa shape index (κ1) is 18.3. The Morgan fingerprint density at radius 1 is 1.00 bits per heavy atom. The Morgan fingerprint density at radius 2 is 1.73 bits per heavy atom. The second kappa shape index (κ2) is 7.89. The summed E-state index contributed by atoms with van der Waals surface area (Å²) >= 11 is 7.93. The Morgan fingerprint density at radius 3 is 2.50 bits per heavy atom. The molecule has 2 heterocycles. The van der Waals surface area contributed by atoms with Gasteiger partial charge in [0, 0.05) is 47.5 Å². The molecule has 2 aromatic rings. The molecular weight excluding hydrogens is 368 g/mol. The third kappa shape index (κ3) is 3.52. The molecule has 2 N–H and O–H groups in total. The standard InChI is InChI=1S/C20H23ClN2O2S/c21-14-5-6-18-16(13-14)20(25)19(15-3-1-2-4-17(15)26-18)23-9-7-22(8-10-23)11-12-24/h1-6,13,19-20,24-25H,7-12H2. The van der Waals surface area contributed by atoms with Gasteiger partial charge in [-0.15, -0.1) is 0 Å². The van der Waals surface area contributed by atoms with Crippen LogP contribution >= 0.6 is 23.4 Å². The maximum Gasteiger partial charge on any atom is 0.0998 e. The van der Waals surface area contributed by atoms with Crippen LogP contribution in [0.1, 0.15) is 23.3 Å². The first-order chi connectivity index (χ1) is 12.7. The van der Waals surface area contributed by atoms with Crippen molar-refractivity contribution in [1.29, 1.82) is 0 Å². The number of aliphatic hydroxyl groups is 2. The van der Waals surface area contributed by atoms with Crippen LogP contribution in [0.4, 0.5) is 0 Å². The molecule has 0 radical (unpaired) electrons. The highest BCUT2D eigenvalue weighted by molar-refractivity contribution is 7.99. The molecule has 2 aliphatic heterocycles. The molecule has 2 aromatic carbocycles. The minimum Gasteiger partial charge on any atom is -0.395 e. The van der Waals surface area contributed by atoms with Crippen LogP contribution in [0.25, 0.3) is 0 Å². The van der Waals surface area contributed by atoms with E-state index in [-0.39, 0.29) is 12.6 Å². The Kier molecular flexibility index (Phi) is 5.55. The van der Waals surface area contributed by atoms with Gasteiger partial charge in [-0.1, -0.05) is 41.6 Å². The van der Waals surface area contributed by atoms with Crippen molar-refractivity contribution in [1.82, 2.24) is 9.80 Å². The third-order valence-electron chi connectivity index (χ3n) is 5.26. The number of benzene rings is 2. The molecule has 1 saturated heterocycles. The zero-order valence-corrected chi connectivity index (χ0v) is 16.1. The van der Waals surface area contributed by atoms with Crippen molar-refractivity contribution in [2.45, 2.75) is 21.9 Å². The SMILES string of the molecule is OCCN1CCN(C2c3ccccc3Sc3ccc(Cl)cc3C2O)CC1. The van der Waals surface area contributed by atoms with Gasteiger partial charge in [-0.3, -0.25) is 9.80 Å². The van der Waals surface area contributed by atoms with E-state index in [0.717, 1.165) is 36.6 Å². The van der Waals surface area contributed by atoms with Crippen LogP contribution in [-0.2, 0) is 0 Å². The van der Waals surface area contributed by atoms with Crippen LogP contribution in [0.3, 0.4) is 0 Å². The van der Waals surface area contributed by atoms with Gasteiger partial charge in [0.2, 0.25) is 0 Å². The summed E-state index contributed by atoms with van der Waals surface area (Å²) in [4.78, 5) is 6.89. The van der Waals surface area contributed by atoms with Crippen molar-refractivity contribution >= 4 is 23.4 Å². The molecule has 0 saturated carbocycles. The lowest BCUT2D eigenvalue weighted by atomic mass is 9.94. The van der Waals surface area contributed by atoms with Gasteiger partial charge < -0.3 is 10.2 Å². The number of fused-ring (bicyclic) bond motifs is 2. The van der Waals surface area contributed by atoms with Gasteiger partial charge in [0.25, 0.3) is 0 Å². The second-order valence-corrected chi connectivity index (χ2v) is 8.33. The Bertz CT molecular complexity index is 780. The van der Waals surface area contributed by atoms with E-state index >= 15 is 0 Å². The Hall–Kier alpha value is -1.08. The van der Waals surface area contributed by atoms with E-state index in [2.05, 4.69) is 28.0 Å². The largest absolute Gasteiger partial charge is 0.395 e. The summed E-state index contributed by atoms with van der Waals surface area (Å²) in [5, 5.41) is 21.1. The fraction of sp³-hybridized carbons (Fsp3) is 0.400. The van der Waals surface area contributed by atoms with E-state index in [9.17, 15) is 5.11 Å². The summed E-state index contributed by atoms with van der Waals surface area (Å²) in [5.74, 6) is 0. The molecule has 138 valence electrons. The molecule has 0 bridgehead atoms. The van der Waals surface area contributed by atoms with E-state index < -0.39 is 6.10 Å². The van der Waals surface area contributed by atoms with Gasteiger partial charge in [-0.05, 0) is 35.4 Å².